The van der Waals surface area contributed by atoms with Crippen LogP contribution in [0.25, 0.3) is 6.20 Å². The number of imidazole rings is 1. The molecule has 0 radical (unpaired) electrons. The zero-order valence-electron chi connectivity index (χ0n) is 17.6. The van der Waals surface area contributed by atoms with Gasteiger partial charge in [-0.25, -0.2) is 9.98 Å². The van der Waals surface area contributed by atoms with Crippen molar-refractivity contribution in [2.75, 3.05) is 11.9 Å². The lowest BCUT2D eigenvalue weighted by molar-refractivity contribution is 0.415. The van der Waals surface area contributed by atoms with Crippen molar-refractivity contribution in [1.29, 1.82) is 5.26 Å². The molecule has 2 aromatic heterocycles. The summed E-state index contributed by atoms with van der Waals surface area (Å²) in [7, 11) is 0. The number of anilines is 1. The number of nitrogens with zero attached hydrogens (tertiary/aromatic N) is 5. The molecule has 2 heterocycles. The first-order valence-electron chi connectivity index (χ1n) is 10.5. The number of aryl methyl sites for hydroxylation is 1. The highest BCUT2D eigenvalue weighted by Crippen LogP contribution is 2.19. The van der Waals surface area contributed by atoms with Crippen LogP contribution in [0.5, 0.6) is 0 Å². The Morgan fingerprint density at radius 2 is 2.27 bits per heavy atom. The largest absolute Gasteiger partial charge is 0.366 e. The normalized spacial score (nSPS) is 19.7. The molecule has 3 rings (SSSR count). The average Bonchev–Trinajstić information content (AvgIpc) is 3.30. The van der Waals surface area contributed by atoms with Gasteiger partial charge in [-0.1, -0.05) is 12.8 Å². The third-order valence-corrected chi connectivity index (χ3v) is 5.26. The molecule has 1 aliphatic rings. The zero-order chi connectivity index (χ0) is 21.2. The molecule has 0 aliphatic heterocycles. The predicted octanol–water partition coefficient (Wildman–Crippen LogP) is 2.78. The smallest absolute Gasteiger partial charge is 0.148 e. The van der Waals surface area contributed by atoms with Gasteiger partial charge >= 0.3 is 0 Å². The lowest BCUT2D eigenvalue weighted by Gasteiger charge is -2.23. The summed E-state index contributed by atoms with van der Waals surface area (Å²) in [5.41, 5.74) is 1.01. The standard InChI is InChI=1S/C21H31N9/c1-16-12-19(29-28-16)26-14-21-25-10-11-30(21)15-20(23-2)27-18-7-4-3-6-17(13-18)24-9-5-8-22/h10-12,15,17-18,24,27H,2-7,9,13-14H2,1H3,(H2,26,28,29)/b20-15+. The van der Waals surface area contributed by atoms with E-state index in [1.54, 1.807) is 6.20 Å². The number of aromatic nitrogens is 4. The van der Waals surface area contributed by atoms with Crippen molar-refractivity contribution in [1.82, 2.24) is 30.4 Å². The van der Waals surface area contributed by atoms with E-state index in [0.29, 0.717) is 25.0 Å². The second kappa shape index (κ2) is 11.2. The van der Waals surface area contributed by atoms with Crippen LogP contribution >= 0.6 is 0 Å². The molecule has 1 fully saturated rings. The number of nitrogens with one attached hydrogen (secondary N) is 4. The SMILES string of the molecule is C=N/C(=C\n1ccnc1CNc1cc(C)[nH]n1)NC1CCCCC(NCCC#N)C1. The van der Waals surface area contributed by atoms with Crippen molar-refractivity contribution in [3.63, 3.8) is 0 Å². The highest BCUT2D eigenvalue weighted by Gasteiger charge is 2.20. The molecule has 0 spiro atoms. The summed E-state index contributed by atoms with van der Waals surface area (Å²) in [4.78, 5) is 8.63. The number of H-pyrrole nitrogens is 1. The van der Waals surface area contributed by atoms with Crippen LogP contribution in [0.1, 0.15) is 50.0 Å². The summed E-state index contributed by atoms with van der Waals surface area (Å²) in [6.07, 6.45) is 11.8. The highest BCUT2D eigenvalue weighted by atomic mass is 15.2. The summed E-state index contributed by atoms with van der Waals surface area (Å²) in [5.74, 6) is 2.38. The molecule has 30 heavy (non-hydrogen) atoms. The topological polar surface area (TPSA) is 119 Å². The molecule has 0 aromatic carbocycles. The van der Waals surface area contributed by atoms with E-state index in [4.69, 9.17) is 5.26 Å². The van der Waals surface area contributed by atoms with Crippen LogP contribution in [-0.4, -0.2) is 45.1 Å². The van der Waals surface area contributed by atoms with E-state index in [1.165, 1.54) is 12.8 Å². The molecule has 2 atom stereocenters. The van der Waals surface area contributed by atoms with Crippen molar-refractivity contribution >= 4 is 18.7 Å². The molecule has 1 aliphatic carbocycles. The van der Waals surface area contributed by atoms with Crippen molar-refractivity contribution in [2.24, 2.45) is 4.99 Å². The van der Waals surface area contributed by atoms with E-state index in [0.717, 1.165) is 49.0 Å². The Hall–Kier alpha value is -3.12. The maximum absolute atomic E-state index is 8.76. The Bertz CT molecular complexity index is 873. The number of hydrogen-bond donors (Lipinski definition) is 4. The molecule has 9 heteroatoms. The van der Waals surface area contributed by atoms with Gasteiger partial charge in [-0.2, -0.15) is 10.4 Å². The van der Waals surface area contributed by atoms with E-state index in [2.05, 4.69) is 48.9 Å². The third-order valence-electron chi connectivity index (χ3n) is 5.26. The van der Waals surface area contributed by atoms with Gasteiger partial charge in [-0.05, 0) is 32.9 Å². The van der Waals surface area contributed by atoms with Gasteiger partial charge in [-0.15, -0.1) is 0 Å². The number of nitriles is 1. The molecule has 4 N–H and O–H groups in total. The molecular formula is C21H31N9. The number of aromatic amines is 1. The van der Waals surface area contributed by atoms with Gasteiger partial charge in [0.1, 0.15) is 17.5 Å². The van der Waals surface area contributed by atoms with Crippen molar-refractivity contribution in [2.45, 2.75) is 64.1 Å². The molecule has 0 saturated heterocycles. The molecule has 2 aromatic rings. The number of aliphatic imine (C=N–C) groups is 1. The second-order valence-electron chi connectivity index (χ2n) is 7.63. The minimum atomic E-state index is 0.320. The van der Waals surface area contributed by atoms with Crippen LogP contribution in [0.15, 0.2) is 29.3 Å². The van der Waals surface area contributed by atoms with Crippen molar-refractivity contribution in [3.8, 4) is 6.07 Å². The fourth-order valence-electron chi connectivity index (χ4n) is 3.75. The predicted molar refractivity (Wildman–Crippen MR) is 119 cm³/mol. The molecular weight excluding hydrogens is 378 g/mol. The lowest BCUT2D eigenvalue weighted by Crippen LogP contribution is -2.37. The van der Waals surface area contributed by atoms with Crippen LogP contribution in [0.3, 0.4) is 0 Å². The number of hydrogen-bond acceptors (Lipinski definition) is 7. The van der Waals surface area contributed by atoms with Gasteiger partial charge in [0.25, 0.3) is 0 Å². The second-order valence-corrected chi connectivity index (χ2v) is 7.63. The van der Waals surface area contributed by atoms with Gasteiger partial charge in [0.2, 0.25) is 0 Å². The highest BCUT2D eigenvalue weighted by molar-refractivity contribution is 5.39. The Morgan fingerprint density at radius 3 is 3.00 bits per heavy atom. The van der Waals surface area contributed by atoms with E-state index >= 15 is 0 Å². The average molecular weight is 410 g/mol. The van der Waals surface area contributed by atoms with Crippen LogP contribution in [0.2, 0.25) is 0 Å². The monoisotopic (exact) mass is 409 g/mol. The Labute approximate surface area is 177 Å². The molecule has 1 saturated carbocycles. The van der Waals surface area contributed by atoms with Crippen LogP contribution < -0.4 is 16.0 Å². The fraction of sp³-hybridized carbons (Fsp3) is 0.524. The van der Waals surface area contributed by atoms with E-state index in [9.17, 15) is 0 Å². The Balaban J connectivity index is 1.60. The van der Waals surface area contributed by atoms with Gasteiger partial charge in [0.15, 0.2) is 0 Å². The van der Waals surface area contributed by atoms with Gasteiger partial charge in [-0.3, -0.25) is 5.10 Å². The number of rotatable bonds is 10. The van der Waals surface area contributed by atoms with Gasteiger partial charge in [0.05, 0.1) is 18.8 Å². The molecule has 9 nitrogen and oxygen atoms in total. The summed E-state index contributed by atoms with van der Waals surface area (Å²) >= 11 is 0. The van der Waals surface area contributed by atoms with Crippen LogP contribution in [0.4, 0.5) is 5.82 Å². The first-order chi connectivity index (χ1) is 14.7. The summed E-state index contributed by atoms with van der Waals surface area (Å²) < 4.78 is 1.95. The van der Waals surface area contributed by atoms with Crippen molar-refractivity contribution in [3.05, 3.63) is 35.8 Å². The summed E-state index contributed by atoms with van der Waals surface area (Å²) in [5, 5.41) is 26.2. The lowest BCUT2D eigenvalue weighted by atomic mass is 10.1. The maximum Gasteiger partial charge on any atom is 0.148 e. The first-order valence-corrected chi connectivity index (χ1v) is 10.5. The van der Waals surface area contributed by atoms with Gasteiger partial charge < -0.3 is 20.5 Å². The minimum absolute atomic E-state index is 0.320. The fourth-order valence-corrected chi connectivity index (χ4v) is 3.75. The Kier molecular flexibility index (Phi) is 8.03. The van der Waals surface area contributed by atoms with E-state index < -0.39 is 0 Å². The summed E-state index contributed by atoms with van der Waals surface area (Å²) in [6.45, 7) is 7.00. The molecule has 2 unspecified atom stereocenters. The van der Waals surface area contributed by atoms with Crippen molar-refractivity contribution < 1.29 is 0 Å². The third kappa shape index (κ3) is 6.46. The zero-order valence-corrected chi connectivity index (χ0v) is 17.6. The maximum atomic E-state index is 8.76. The minimum Gasteiger partial charge on any atom is -0.366 e. The van der Waals surface area contributed by atoms with Crippen LogP contribution in [-0.2, 0) is 6.54 Å². The molecule has 0 bridgehead atoms. The summed E-state index contributed by atoms with van der Waals surface area (Å²) in [6, 6.07) is 4.90. The van der Waals surface area contributed by atoms with Gasteiger partial charge in [0, 0.05) is 49.2 Å². The molecule has 0 amide bonds. The van der Waals surface area contributed by atoms with E-state index in [-0.39, 0.29) is 0 Å². The molecule has 160 valence electrons. The first kappa shape index (κ1) is 21.6. The quantitative estimate of drug-likeness (QED) is 0.272. The Morgan fingerprint density at radius 1 is 1.43 bits per heavy atom. The van der Waals surface area contributed by atoms with E-state index in [1.807, 2.05) is 30.0 Å². The van der Waals surface area contributed by atoms with Crippen LogP contribution in [0, 0.1) is 18.3 Å².